The number of carbonyl (C=O) groups excluding carboxylic acids is 1. The summed E-state index contributed by atoms with van der Waals surface area (Å²) in [6, 6.07) is 4.08. The van der Waals surface area contributed by atoms with Crippen molar-refractivity contribution in [3.05, 3.63) is 45.6 Å². The monoisotopic (exact) mass is 291 g/mol. The molecule has 0 bridgehead atoms. The van der Waals surface area contributed by atoms with Gasteiger partial charge < -0.3 is 15.6 Å². The molecule has 1 aromatic carbocycles. The van der Waals surface area contributed by atoms with Gasteiger partial charge in [-0.05, 0) is 13.0 Å². The Bertz CT molecular complexity index is 682. The lowest BCUT2D eigenvalue weighted by molar-refractivity contribution is -0.383. The Labute approximate surface area is 119 Å². The van der Waals surface area contributed by atoms with Crippen molar-refractivity contribution >= 4 is 17.3 Å². The molecule has 0 radical (unpaired) electrons. The van der Waals surface area contributed by atoms with E-state index in [0.717, 1.165) is 0 Å². The Morgan fingerprint density at radius 3 is 2.90 bits per heavy atom. The molecule has 1 amide bonds. The molecule has 21 heavy (non-hydrogen) atoms. The molecule has 0 aliphatic rings. The van der Waals surface area contributed by atoms with Crippen molar-refractivity contribution in [2.45, 2.75) is 13.3 Å². The number of rotatable bonds is 5. The average Bonchev–Trinajstić information content (AvgIpc) is 2.84. The molecular weight excluding hydrogens is 278 g/mol. The van der Waals surface area contributed by atoms with Gasteiger partial charge in [0, 0.05) is 19.0 Å². The minimum Gasteiger partial charge on any atom is -0.393 e. The van der Waals surface area contributed by atoms with Crippen molar-refractivity contribution in [3.8, 4) is 0 Å². The Kier molecular flexibility index (Phi) is 4.12. The van der Waals surface area contributed by atoms with E-state index in [4.69, 9.17) is 10.3 Å². The summed E-state index contributed by atoms with van der Waals surface area (Å²) in [6.07, 6.45) is 0.363. The summed E-state index contributed by atoms with van der Waals surface area (Å²) in [6.45, 7) is 1.94. The number of aromatic nitrogens is 2. The number of nitro benzene ring substituents is 1. The SMILES string of the molecule is Cc1noc(CCNC(=O)c2cccc([N+](=O)[O-])c2N)n1. The Balaban J connectivity index is 2.00. The summed E-state index contributed by atoms with van der Waals surface area (Å²) in [5.74, 6) is 0.423. The second-order valence-corrected chi connectivity index (χ2v) is 4.24. The van der Waals surface area contributed by atoms with E-state index in [9.17, 15) is 14.9 Å². The third-order valence-electron chi connectivity index (χ3n) is 2.72. The zero-order valence-electron chi connectivity index (χ0n) is 11.2. The summed E-state index contributed by atoms with van der Waals surface area (Å²) in [5, 5.41) is 17.0. The molecule has 110 valence electrons. The van der Waals surface area contributed by atoms with Crippen LogP contribution in [0.5, 0.6) is 0 Å². The second-order valence-electron chi connectivity index (χ2n) is 4.24. The Morgan fingerprint density at radius 2 is 2.29 bits per heavy atom. The number of anilines is 1. The second kappa shape index (κ2) is 5.99. The van der Waals surface area contributed by atoms with Gasteiger partial charge in [-0.3, -0.25) is 14.9 Å². The summed E-state index contributed by atoms with van der Waals surface area (Å²) < 4.78 is 4.90. The van der Waals surface area contributed by atoms with Crippen molar-refractivity contribution in [1.29, 1.82) is 0 Å². The van der Waals surface area contributed by atoms with Crippen molar-refractivity contribution in [2.75, 3.05) is 12.3 Å². The molecule has 1 heterocycles. The molecule has 0 saturated carbocycles. The van der Waals surface area contributed by atoms with Crippen molar-refractivity contribution < 1.29 is 14.2 Å². The third kappa shape index (κ3) is 3.32. The molecule has 0 spiro atoms. The zero-order chi connectivity index (χ0) is 15.4. The van der Waals surface area contributed by atoms with Gasteiger partial charge in [-0.15, -0.1) is 0 Å². The number of hydrogen-bond donors (Lipinski definition) is 2. The molecule has 2 aromatic rings. The summed E-state index contributed by atoms with van der Waals surface area (Å²) in [5.41, 5.74) is 5.23. The molecular formula is C12H13N5O4. The Hall–Kier alpha value is -2.97. The Morgan fingerprint density at radius 1 is 1.52 bits per heavy atom. The normalized spacial score (nSPS) is 10.3. The minimum atomic E-state index is -0.632. The predicted octanol–water partition coefficient (Wildman–Crippen LogP) is 0.841. The smallest absolute Gasteiger partial charge is 0.292 e. The first kappa shape index (κ1) is 14.4. The maximum atomic E-state index is 12.0. The third-order valence-corrected chi connectivity index (χ3v) is 2.72. The fourth-order valence-corrected chi connectivity index (χ4v) is 1.73. The number of para-hydroxylation sites is 1. The summed E-state index contributed by atoms with van der Waals surface area (Å²) >= 11 is 0. The molecule has 3 N–H and O–H groups in total. The molecule has 1 aromatic heterocycles. The van der Waals surface area contributed by atoms with Crippen molar-refractivity contribution in [1.82, 2.24) is 15.5 Å². The maximum Gasteiger partial charge on any atom is 0.292 e. The predicted molar refractivity (Wildman–Crippen MR) is 72.6 cm³/mol. The molecule has 0 saturated heterocycles. The van der Waals surface area contributed by atoms with Gasteiger partial charge in [-0.2, -0.15) is 4.98 Å². The number of nitrogens with one attached hydrogen (secondary N) is 1. The molecule has 0 fully saturated rings. The first-order chi connectivity index (χ1) is 9.99. The van der Waals surface area contributed by atoms with E-state index in [2.05, 4.69) is 15.5 Å². The fourth-order valence-electron chi connectivity index (χ4n) is 1.73. The highest BCUT2D eigenvalue weighted by Gasteiger charge is 2.18. The molecule has 0 aliphatic carbocycles. The number of benzene rings is 1. The van der Waals surface area contributed by atoms with Crippen LogP contribution in [0.2, 0.25) is 0 Å². The van der Waals surface area contributed by atoms with Gasteiger partial charge in [0.2, 0.25) is 5.89 Å². The van der Waals surface area contributed by atoms with Gasteiger partial charge in [0.05, 0.1) is 10.5 Å². The lowest BCUT2D eigenvalue weighted by Crippen LogP contribution is -2.26. The molecule has 0 atom stereocenters. The quantitative estimate of drug-likeness (QED) is 0.473. The first-order valence-corrected chi connectivity index (χ1v) is 6.09. The van der Waals surface area contributed by atoms with Crippen LogP contribution >= 0.6 is 0 Å². The van der Waals surface area contributed by atoms with Gasteiger partial charge in [0.15, 0.2) is 5.82 Å². The first-order valence-electron chi connectivity index (χ1n) is 6.09. The lowest BCUT2D eigenvalue weighted by atomic mass is 10.1. The van der Waals surface area contributed by atoms with Crippen LogP contribution in [0.1, 0.15) is 22.1 Å². The fraction of sp³-hybridized carbons (Fsp3) is 0.250. The van der Waals surface area contributed by atoms with E-state index in [0.29, 0.717) is 18.1 Å². The number of aryl methyl sites for hydroxylation is 1. The van der Waals surface area contributed by atoms with E-state index < -0.39 is 10.8 Å². The number of nitrogens with two attached hydrogens (primary N) is 1. The number of nitrogen functional groups attached to an aromatic ring is 1. The van der Waals surface area contributed by atoms with E-state index in [1.54, 1.807) is 6.92 Å². The van der Waals surface area contributed by atoms with Crippen LogP contribution in [-0.2, 0) is 6.42 Å². The number of amides is 1. The van der Waals surface area contributed by atoms with Crippen LogP contribution < -0.4 is 11.1 Å². The van der Waals surface area contributed by atoms with E-state index in [1.807, 2.05) is 0 Å². The topological polar surface area (TPSA) is 137 Å². The van der Waals surface area contributed by atoms with Crippen LogP contribution in [0.4, 0.5) is 11.4 Å². The van der Waals surface area contributed by atoms with Gasteiger partial charge in [-0.25, -0.2) is 0 Å². The van der Waals surface area contributed by atoms with Crippen LogP contribution in [0.15, 0.2) is 22.7 Å². The van der Waals surface area contributed by atoms with Gasteiger partial charge in [-0.1, -0.05) is 11.2 Å². The van der Waals surface area contributed by atoms with Gasteiger partial charge in [0.25, 0.3) is 11.6 Å². The molecule has 9 nitrogen and oxygen atoms in total. The summed E-state index contributed by atoms with van der Waals surface area (Å²) in [7, 11) is 0. The summed E-state index contributed by atoms with van der Waals surface area (Å²) in [4.78, 5) is 26.1. The molecule has 0 unspecified atom stereocenters. The van der Waals surface area contributed by atoms with Crippen LogP contribution in [-0.4, -0.2) is 27.5 Å². The highest BCUT2D eigenvalue weighted by atomic mass is 16.6. The molecule has 9 heteroatoms. The van der Waals surface area contributed by atoms with Crippen LogP contribution in [0, 0.1) is 17.0 Å². The van der Waals surface area contributed by atoms with E-state index in [1.165, 1.54) is 18.2 Å². The van der Waals surface area contributed by atoms with Crippen molar-refractivity contribution in [2.24, 2.45) is 0 Å². The largest absolute Gasteiger partial charge is 0.393 e. The maximum absolute atomic E-state index is 12.0. The number of nitrogens with zero attached hydrogens (tertiary/aromatic N) is 3. The molecule has 0 aliphatic heterocycles. The van der Waals surface area contributed by atoms with Crippen molar-refractivity contribution in [3.63, 3.8) is 0 Å². The number of hydrogen-bond acceptors (Lipinski definition) is 7. The standard InChI is InChI=1S/C12H13N5O4/c1-7-15-10(21-16-7)5-6-14-12(18)8-3-2-4-9(11(8)13)17(19)20/h2-4H,5-6,13H2,1H3,(H,14,18). The van der Waals surface area contributed by atoms with Gasteiger partial charge in [0.1, 0.15) is 5.69 Å². The van der Waals surface area contributed by atoms with Crippen LogP contribution in [0.25, 0.3) is 0 Å². The minimum absolute atomic E-state index is 0.0610. The van der Waals surface area contributed by atoms with E-state index in [-0.39, 0.29) is 23.5 Å². The molecule has 2 rings (SSSR count). The van der Waals surface area contributed by atoms with Gasteiger partial charge >= 0.3 is 0 Å². The number of carbonyl (C=O) groups is 1. The highest BCUT2D eigenvalue weighted by molar-refractivity contribution is 6.00. The zero-order valence-corrected chi connectivity index (χ0v) is 11.2. The highest BCUT2D eigenvalue weighted by Crippen LogP contribution is 2.24. The van der Waals surface area contributed by atoms with E-state index >= 15 is 0 Å². The number of nitro groups is 1. The average molecular weight is 291 g/mol. The van der Waals surface area contributed by atoms with Crippen LogP contribution in [0.3, 0.4) is 0 Å². The lowest BCUT2D eigenvalue weighted by Gasteiger charge is -2.06.